The fourth-order valence-electron chi connectivity index (χ4n) is 3.36. The predicted molar refractivity (Wildman–Crippen MR) is 92.5 cm³/mol. The Balaban J connectivity index is 5.08. The number of hydrogen-bond acceptors (Lipinski definition) is 1. The van der Waals surface area contributed by atoms with E-state index in [0.29, 0.717) is 0 Å². The molecular weight excluding hydrogens is 246 g/mol. The summed E-state index contributed by atoms with van der Waals surface area (Å²) in [5.74, 6) is 0. The van der Waals surface area contributed by atoms with Gasteiger partial charge in [0, 0.05) is 16.8 Å². The molecule has 0 saturated heterocycles. The van der Waals surface area contributed by atoms with Crippen molar-refractivity contribution in [3.05, 3.63) is 11.8 Å². The lowest BCUT2D eigenvalue weighted by molar-refractivity contribution is 0.0792. The molecule has 114 valence electrons. The standard InChI is InChI=1S/C17H37NSi/c1-11-13-19(9,10)14-12-15(2)18(16(3,4)5)17(6,7)8/h12H,11,13-14H2,1-10H3/b15-12-. The van der Waals surface area contributed by atoms with E-state index in [1.165, 1.54) is 24.2 Å². The monoisotopic (exact) mass is 283 g/mol. The van der Waals surface area contributed by atoms with Gasteiger partial charge in [0.05, 0.1) is 8.07 Å². The van der Waals surface area contributed by atoms with Crippen molar-refractivity contribution in [2.24, 2.45) is 0 Å². The van der Waals surface area contributed by atoms with Gasteiger partial charge in [0.2, 0.25) is 0 Å². The molecule has 0 rings (SSSR count). The van der Waals surface area contributed by atoms with Crippen LogP contribution in [0.1, 0.15) is 61.8 Å². The molecule has 0 heterocycles. The minimum Gasteiger partial charge on any atom is -0.366 e. The highest BCUT2D eigenvalue weighted by molar-refractivity contribution is 6.77. The molecule has 0 atom stereocenters. The van der Waals surface area contributed by atoms with Crippen LogP contribution in [0.25, 0.3) is 0 Å². The van der Waals surface area contributed by atoms with Crippen LogP contribution in [0, 0.1) is 0 Å². The average molecular weight is 284 g/mol. The third kappa shape index (κ3) is 6.65. The molecule has 0 aliphatic carbocycles. The number of nitrogens with zero attached hydrogens (tertiary/aromatic N) is 1. The summed E-state index contributed by atoms with van der Waals surface area (Å²) in [6, 6.07) is 2.73. The molecule has 19 heavy (non-hydrogen) atoms. The van der Waals surface area contributed by atoms with Crippen LogP contribution in [0.15, 0.2) is 11.8 Å². The van der Waals surface area contributed by atoms with Crippen molar-refractivity contribution in [2.45, 2.75) is 98.1 Å². The van der Waals surface area contributed by atoms with Crippen LogP contribution in [-0.4, -0.2) is 24.1 Å². The Hall–Kier alpha value is -0.243. The maximum Gasteiger partial charge on any atom is 0.0511 e. The summed E-state index contributed by atoms with van der Waals surface area (Å²) >= 11 is 0. The van der Waals surface area contributed by atoms with Crippen molar-refractivity contribution in [3.63, 3.8) is 0 Å². The molecule has 0 aromatic carbocycles. The summed E-state index contributed by atoms with van der Waals surface area (Å²) in [7, 11) is -1.03. The van der Waals surface area contributed by atoms with Gasteiger partial charge in [-0.25, -0.2) is 0 Å². The van der Waals surface area contributed by atoms with E-state index < -0.39 is 8.07 Å². The van der Waals surface area contributed by atoms with E-state index in [0.717, 1.165) is 0 Å². The lowest BCUT2D eigenvalue weighted by Gasteiger charge is -2.48. The van der Waals surface area contributed by atoms with E-state index in [4.69, 9.17) is 0 Å². The lowest BCUT2D eigenvalue weighted by Crippen LogP contribution is -2.51. The summed E-state index contributed by atoms with van der Waals surface area (Å²) in [4.78, 5) is 2.57. The summed E-state index contributed by atoms with van der Waals surface area (Å²) in [5, 5.41) is 0. The Morgan fingerprint density at radius 3 is 1.74 bits per heavy atom. The van der Waals surface area contributed by atoms with Crippen LogP contribution in [0.5, 0.6) is 0 Å². The molecule has 0 N–H and O–H groups in total. The topological polar surface area (TPSA) is 3.24 Å². The van der Waals surface area contributed by atoms with Crippen LogP contribution < -0.4 is 0 Å². The first-order chi connectivity index (χ1) is 8.31. The third-order valence-corrected chi connectivity index (χ3v) is 6.73. The van der Waals surface area contributed by atoms with Gasteiger partial charge in [-0.15, -0.1) is 0 Å². The zero-order chi connectivity index (χ0) is 15.5. The molecule has 0 amide bonds. The van der Waals surface area contributed by atoms with E-state index in [1.54, 1.807) is 0 Å². The van der Waals surface area contributed by atoms with Gasteiger partial charge in [0.1, 0.15) is 0 Å². The van der Waals surface area contributed by atoms with Crippen LogP contribution in [-0.2, 0) is 0 Å². The Morgan fingerprint density at radius 1 is 1.00 bits per heavy atom. The minimum absolute atomic E-state index is 0.176. The molecule has 2 heteroatoms. The van der Waals surface area contributed by atoms with Crippen molar-refractivity contribution in [3.8, 4) is 0 Å². The fourth-order valence-corrected chi connectivity index (χ4v) is 5.76. The normalized spacial score (nSPS) is 14.7. The molecule has 0 radical (unpaired) electrons. The molecule has 0 aromatic rings. The molecule has 0 aliphatic rings. The highest BCUT2D eigenvalue weighted by Gasteiger charge is 2.31. The Morgan fingerprint density at radius 2 is 1.42 bits per heavy atom. The molecule has 0 bridgehead atoms. The van der Waals surface area contributed by atoms with Gasteiger partial charge < -0.3 is 4.90 Å². The van der Waals surface area contributed by atoms with Crippen LogP contribution in [0.4, 0.5) is 0 Å². The SMILES string of the molecule is CCC[Si](C)(C)C/C=C(/C)N(C(C)(C)C)C(C)(C)C. The predicted octanol–water partition coefficient (Wildman–Crippen LogP) is 5.91. The number of rotatable bonds is 5. The van der Waals surface area contributed by atoms with E-state index in [1.807, 2.05) is 0 Å². The fraction of sp³-hybridized carbons (Fsp3) is 0.882. The van der Waals surface area contributed by atoms with Gasteiger partial charge in [-0.05, 0) is 54.5 Å². The zero-order valence-corrected chi connectivity index (χ0v) is 16.1. The van der Waals surface area contributed by atoms with Crippen molar-refractivity contribution < 1.29 is 0 Å². The maximum atomic E-state index is 2.57. The van der Waals surface area contributed by atoms with E-state index in [2.05, 4.69) is 79.5 Å². The second-order valence-corrected chi connectivity index (χ2v) is 13.9. The molecule has 0 aromatic heterocycles. The lowest BCUT2D eigenvalue weighted by atomic mass is 9.95. The van der Waals surface area contributed by atoms with Crippen LogP contribution in [0.3, 0.4) is 0 Å². The summed E-state index contributed by atoms with van der Waals surface area (Å²) in [6.07, 6.45) is 3.83. The van der Waals surface area contributed by atoms with Crippen LogP contribution in [0.2, 0.25) is 25.2 Å². The van der Waals surface area contributed by atoms with E-state index in [-0.39, 0.29) is 11.1 Å². The zero-order valence-electron chi connectivity index (χ0n) is 15.1. The van der Waals surface area contributed by atoms with Crippen molar-refractivity contribution >= 4 is 8.07 Å². The maximum absolute atomic E-state index is 2.57. The van der Waals surface area contributed by atoms with Gasteiger partial charge in [-0.2, -0.15) is 0 Å². The third-order valence-electron chi connectivity index (χ3n) is 3.57. The summed E-state index contributed by atoms with van der Waals surface area (Å²) < 4.78 is 0. The first kappa shape index (κ1) is 18.8. The molecule has 0 aliphatic heterocycles. The molecule has 0 unspecified atom stereocenters. The van der Waals surface area contributed by atoms with Crippen molar-refractivity contribution in [2.75, 3.05) is 0 Å². The molecule has 0 fully saturated rings. The Labute approximate surface area is 123 Å². The summed E-state index contributed by atoms with van der Waals surface area (Å²) in [6.45, 7) is 23.5. The molecular formula is C17H37NSi. The average Bonchev–Trinajstić information content (AvgIpc) is 2.10. The Kier molecular flexibility index (Phi) is 6.39. The smallest absolute Gasteiger partial charge is 0.0511 e. The molecule has 1 nitrogen and oxygen atoms in total. The highest BCUT2D eigenvalue weighted by atomic mass is 28.3. The second kappa shape index (κ2) is 6.47. The van der Waals surface area contributed by atoms with Gasteiger partial charge in [0.25, 0.3) is 0 Å². The molecule has 0 saturated carbocycles. The van der Waals surface area contributed by atoms with Gasteiger partial charge in [-0.1, -0.05) is 38.6 Å². The first-order valence-electron chi connectivity index (χ1n) is 7.78. The number of hydrogen-bond donors (Lipinski definition) is 0. The highest BCUT2D eigenvalue weighted by Crippen LogP contribution is 2.30. The summed E-state index contributed by atoms with van der Waals surface area (Å²) in [5.41, 5.74) is 1.79. The van der Waals surface area contributed by atoms with Gasteiger partial charge in [-0.3, -0.25) is 0 Å². The quantitative estimate of drug-likeness (QED) is 0.567. The van der Waals surface area contributed by atoms with Gasteiger partial charge >= 0.3 is 0 Å². The number of allylic oxidation sites excluding steroid dienone is 2. The minimum atomic E-state index is -1.03. The largest absolute Gasteiger partial charge is 0.366 e. The Bertz CT molecular complexity index is 288. The van der Waals surface area contributed by atoms with Crippen LogP contribution >= 0.6 is 0 Å². The van der Waals surface area contributed by atoms with Crippen molar-refractivity contribution in [1.82, 2.24) is 4.90 Å². The van der Waals surface area contributed by atoms with Gasteiger partial charge in [0.15, 0.2) is 0 Å². The first-order valence-corrected chi connectivity index (χ1v) is 11.2. The van der Waals surface area contributed by atoms with E-state index in [9.17, 15) is 0 Å². The van der Waals surface area contributed by atoms with Crippen molar-refractivity contribution in [1.29, 1.82) is 0 Å². The second-order valence-electron chi connectivity index (χ2n) is 8.64. The molecule has 0 spiro atoms. The van der Waals surface area contributed by atoms with E-state index >= 15 is 0 Å².